The number of rotatable bonds is 5. The molecular formula is C10H17NO3S. The second-order valence-corrected chi connectivity index (χ2v) is 4.74. The molecule has 4 nitrogen and oxygen atoms in total. The van der Waals surface area contributed by atoms with Gasteiger partial charge in [0, 0.05) is 24.8 Å². The SMILES string of the molecule is CCN(C(=O)CCC(=O)O)[C@H]1CCSC1. The van der Waals surface area contributed by atoms with Crippen molar-refractivity contribution in [1.29, 1.82) is 0 Å². The molecular weight excluding hydrogens is 214 g/mol. The zero-order valence-electron chi connectivity index (χ0n) is 8.94. The van der Waals surface area contributed by atoms with Crippen LogP contribution >= 0.6 is 11.8 Å². The lowest BCUT2D eigenvalue weighted by atomic mass is 10.2. The van der Waals surface area contributed by atoms with Crippen LogP contribution in [0.4, 0.5) is 0 Å². The normalized spacial score (nSPS) is 20.2. The van der Waals surface area contributed by atoms with Crippen molar-refractivity contribution in [3.05, 3.63) is 0 Å². The molecule has 1 atom stereocenters. The van der Waals surface area contributed by atoms with Crippen LogP contribution in [0.5, 0.6) is 0 Å². The summed E-state index contributed by atoms with van der Waals surface area (Å²) in [6.07, 6.45) is 1.11. The molecule has 1 aliphatic heterocycles. The van der Waals surface area contributed by atoms with Gasteiger partial charge in [-0.3, -0.25) is 9.59 Å². The van der Waals surface area contributed by atoms with E-state index < -0.39 is 5.97 Å². The van der Waals surface area contributed by atoms with Crippen molar-refractivity contribution >= 4 is 23.6 Å². The lowest BCUT2D eigenvalue weighted by Gasteiger charge is -2.27. The van der Waals surface area contributed by atoms with Gasteiger partial charge in [-0.2, -0.15) is 11.8 Å². The van der Waals surface area contributed by atoms with Crippen molar-refractivity contribution in [2.24, 2.45) is 0 Å². The Hall–Kier alpha value is -0.710. The van der Waals surface area contributed by atoms with E-state index in [9.17, 15) is 9.59 Å². The Morgan fingerprint density at radius 3 is 2.67 bits per heavy atom. The van der Waals surface area contributed by atoms with Crippen molar-refractivity contribution in [2.75, 3.05) is 18.1 Å². The molecule has 0 spiro atoms. The molecule has 0 saturated carbocycles. The molecule has 0 radical (unpaired) electrons. The van der Waals surface area contributed by atoms with Crippen molar-refractivity contribution in [1.82, 2.24) is 4.90 Å². The number of amides is 1. The third-order valence-electron chi connectivity index (χ3n) is 2.56. The first-order chi connectivity index (χ1) is 7.15. The maximum absolute atomic E-state index is 11.7. The molecule has 0 aromatic carbocycles. The summed E-state index contributed by atoms with van der Waals surface area (Å²) in [7, 11) is 0. The molecule has 1 fully saturated rings. The predicted octanol–water partition coefficient (Wildman–Crippen LogP) is 1.21. The van der Waals surface area contributed by atoms with E-state index in [0.717, 1.165) is 17.9 Å². The van der Waals surface area contributed by atoms with Crippen LogP contribution in [0.25, 0.3) is 0 Å². The third-order valence-corrected chi connectivity index (χ3v) is 3.71. The van der Waals surface area contributed by atoms with Gasteiger partial charge in [-0.05, 0) is 19.1 Å². The first kappa shape index (κ1) is 12.4. The Labute approximate surface area is 94.0 Å². The van der Waals surface area contributed by atoms with Gasteiger partial charge in [0.1, 0.15) is 0 Å². The summed E-state index contributed by atoms with van der Waals surface area (Å²) in [5.41, 5.74) is 0. The Bertz CT molecular complexity index is 239. The summed E-state index contributed by atoms with van der Waals surface area (Å²) in [6, 6.07) is 0.321. The molecule has 1 amide bonds. The highest BCUT2D eigenvalue weighted by atomic mass is 32.2. The average Bonchev–Trinajstić information content (AvgIpc) is 2.69. The van der Waals surface area contributed by atoms with Crippen LogP contribution in [-0.4, -0.2) is 46.0 Å². The number of thioether (sulfide) groups is 1. The molecule has 0 unspecified atom stereocenters. The molecule has 0 aliphatic carbocycles. The zero-order chi connectivity index (χ0) is 11.3. The standard InChI is InChI=1S/C10H17NO3S/c1-2-11(8-5-6-15-7-8)9(12)3-4-10(13)14/h8H,2-7H2,1H3,(H,13,14)/t8-/m0/s1. The summed E-state index contributed by atoms with van der Waals surface area (Å²) in [5.74, 6) is 1.17. The number of carbonyl (C=O) groups excluding carboxylic acids is 1. The number of aliphatic carboxylic acids is 1. The van der Waals surface area contributed by atoms with E-state index in [4.69, 9.17) is 5.11 Å². The van der Waals surface area contributed by atoms with E-state index in [2.05, 4.69) is 0 Å². The minimum Gasteiger partial charge on any atom is -0.481 e. The van der Waals surface area contributed by atoms with Crippen molar-refractivity contribution < 1.29 is 14.7 Å². The lowest BCUT2D eigenvalue weighted by Crippen LogP contribution is -2.40. The number of carbonyl (C=O) groups is 2. The fourth-order valence-electron chi connectivity index (χ4n) is 1.76. The van der Waals surface area contributed by atoms with Crippen molar-refractivity contribution in [3.63, 3.8) is 0 Å². The number of hydrogen-bond acceptors (Lipinski definition) is 3. The number of nitrogens with zero attached hydrogens (tertiary/aromatic N) is 1. The molecule has 0 bridgehead atoms. The van der Waals surface area contributed by atoms with Crippen LogP contribution in [-0.2, 0) is 9.59 Å². The van der Waals surface area contributed by atoms with E-state index in [0.29, 0.717) is 12.6 Å². The maximum atomic E-state index is 11.7. The highest BCUT2D eigenvalue weighted by Crippen LogP contribution is 2.22. The quantitative estimate of drug-likeness (QED) is 0.772. The molecule has 1 N–H and O–H groups in total. The fourth-order valence-corrected chi connectivity index (χ4v) is 2.99. The van der Waals surface area contributed by atoms with Crippen LogP contribution in [0.3, 0.4) is 0 Å². The number of carboxylic acid groups (broad SMARTS) is 1. The molecule has 0 aromatic heterocycles. The maximum Gasteiger partial charge on any atom is 0.303 e. The van der Waals surface area contributed by atoms with Crippen LogP contribution < -0.4 is 0 Å². The fraction of sp³-hybridized carbons (Fsp3) is 0.800. The van der Waals surface area contributed by atoms with Gasteiger partial charge in [0.15, 0.2) is 0 Å². The summed E-state index contributed by atoms with van der Waals surface area (Å²) in [6.45, 7) is 2.63. The highest BCUT2D eigenvalue weighted by Gasteiger charge is 2.25. The highest BCUT2D eigenvalue weighted by molar-refractivity contribution is 7.99. The van der Waals surface area contributed by atoms with Gasteiger partial charge in [-0.25, -0.2) is 0 Å². The van der Waals surface area contributed by atoms with Crippen LogP contribution in [0.1, 0.15) is 26.2 Å². The second kappa shape index (κ2) is 6.00. The van der Waals surface area contributed by atoms with Gasteiger partial charge in [-0.1, -0.05) is 0 Å². The number of hydrogen-bond donors (Lipinski definition) is 1. The van der Waals surface area contributed by atoms with Gasteiger partial charge in [0.2, 0.25) is 5.91 Å². The summed E-state index contributed by atoms with van der Waals surface area (Å²) >= 11 is 1.86. The Morgan fingerprint density at radius 1 is 1.47 bits per heavy atom. The first-order valence-electron chi connectivity index (χ1n) is 5.24. The minimum absolute atomic E-state index is 0.0209. The molecule has 5 heteroatoms. The van der Waals surface area contributed by atoms with Gasteiger partial charge < -0.3 is 10.0 Å². The minimum atomic E-state index is -0.903. The Morgan fingerprint density at radius 2 is 2.20 bits per heavy atom. The Kier molecular flexibility index (Phi) is 4.94. The summed E-state index contributed by atoms with van der Waals surface area (Å²) in [5, 5.41) is 8.51. The van der Waals surface area contributed by atoms with E-state index in [1.165, 1.54) is 0 Å². The van der Waals surface area contributed by atoms with Crippen LogP contribution in [0.15, 0.2) is 0 Å². The van der Waals surface area contributed by atoms with E-state index in [1.54, 1.807) is 0 Å². The topological polar surface area (TPSA) is 57.6 Å². The first-order valence-corrected chi connectivity index (χ1v) is 6.39. The van der Waals surface area contributed by atoms with Crippen molar-refractivity contribution in [3.8, 4) is 0 Å². The molecule has 15 heavy (non-hydrogen) atoms. The molecule has 86 valence electrons. The predicted molar refractivity (Wildman–Crippen MR) is 60.0 cm³/mol. The zero-order valence-corrected chi connectivity index (χ0v) is 9.76. The smallest absolute Gasteiger partial charge is 0.303 e. The largest absolute Gasteiger partial charge is 0.481 e. The molecule has 1 heterocycles. The van der Waals surface area contributed by atoms with E-state index >= 15 is 0 Å². The van der Waals surface area contributed by atoms with Crippen molar-refractivity contribution in [2.45, 2.75) is 32.2 Å². The molecule has 0 aromatic rings. The average molecular weight is 231 g/mol. The molecule has 1 rings (SSSR count). The lowest BCUT2D eigenvalue weighted by molar-refractivity contribution is -0.141. The van der Waals surface area contributed by atoms with Gasteiger partial charge in [0.05, 0.1) is 6.42 Å². The molecule has 1 saturated heterocycles. The third kappa shape index (κ3) is 3.74. The molecule has 1 aliphatic rings. The van der Waals surface area contributed by atoms with E-state index in [1.807, 2.05) is 23.6 Å². The van der Waals surface area contributed by atoms with Crippen LogP contribution in [0, 0.1) is 0 Å². The second-order valence-electron chi connectivity index (χ2n) is 3.59. The van der Waals surface area contributed by atoms with E-state index in [-0.39, 0.29) is 18.7 Å². The number of carboxylic acids is 1. The summed E-state index contributed by atoms with van der Waals surface area (Å²) in [4.78, 5) is 23.9. The summed E-state index contributed by atoms with van der Waals surface area (Å²) < 4.78 is 0. The van der Waals surface area contributed by atoms with Gasteiger partial charge >= 0.3 is 5.97 Å². The van der Waals surface area contributed by atoms with Crippen LogP contribution in [0.2, 0.25) is 0 Å². The monoisotopic (exact) mass is 231 g/mol. The van der Waals surface area contributed by atoms with Gasteiger partial charge in [-0.15, -0.1) is 0 Å². The Balaban J connectivity index is 2.42. The van der Waals surface area contributed by atoms with Gasteiger partial charge in [0.25, 0.3) is 0 Å².